The van der Waals surface area contributed by atoms with Crippen LogP contribution in [-0.2, 0) is 0 Å². The molecule has 2 unspecified atom stereocenters. The highest BCUT2D eigenvalue weighted by molar-refractivity contribution is 6.35. The zero-order valence-electron chi connectivity index (χ0n) is 13.8. The molecule has 0 aliphatic carbocycles. The van der Waals surface area contributed by atoms with Crippen molar-refractivity contribution in [1.29, 1.82) is 0 Å². The summed E-state index contributed by atoms with van der Waals surface area (Å²) in [6, 6.07) is 7.77. The lowest BCUT2D eigenvalue weighted by Gasteiger charge is -2.36. The number of nitrogens with zero attached hydrogens (tertiary/aromatic N) is 3. The van der Waals surface area contributed by atoms with Crippen LogP contribution < -0.4 is 22.1 Å². The van der Waals surface area contributed by atoms with Gasteiger partial charge in [-0.2, -0.15) is 4.99 Å². The van der Waals surface area contributed by atoms with Crippen molar-refractivity contribution in [1.82, 2.24) is 10.3 Å². The van der Waals surface area contributed by atoms with Gasteiger partial charge in [-0.05, 0) is 19.1 Å². The minimum atomic E-state index is -0.727. The second kappa shape index (κ2) is 5.83. The summed E-state index contributed by atoms with van der Waals surface area (Å²) in [6.45, 7) is 3.96. The van der Waals surface area contributed by atoms with Gasteiger partial charge in [-0.3, -0.25) is 0 Å². The van der Waals surface area contributed by atoms with Gasteiger partial charge in [-0.25, -0.2) is 9.98 Å². The van der Waals surface area contributed by atoms with Gasteiger partial charge in [0.15, 0.2) is 5.96 Å². The lowest BCUT2D eigenvalue weighted by atomic mass is 9.88. The van der Waals surface area contributed by atoms with E-state index in [0.29, 0.717) is 5.02 Å². The number of guanidine groups is 2. The summed E-state index contributed by atoms with van der Waals surface area (Å²) in [6.07, 6.45) is 0. The predicted molar refractivity (Wildman–Crippen MR) is 99.5 cm³/mol. The number of nitrogens with one attached hydrogen (secondary N) is 2. The number of pyridine rings is 1. The molecule has 8 heteroatoms. The first kappa shape index (κ1) is 16.3. The Bertz CT molecular complexity index is 861. The van der Waals surface area contributed by atoms with Crippen LogP contribution in [0.2, 0.25) is 5.02 Å². The van der Waals surface area contributed by atoms with E-state index in [2.05, 4.69) is 31.7 Å². The Morgan fingerprint density at radius 2 is 2.08 bits per heavy atom. The summed E-state index contributed by atoms with van der Waals surface area (Å²) in [5.41, 5.74) is 12.6. The minimum absolute atomic E-state index is 0.0802. The number of fused-ring (bicyclic) bond motifs is 1. The number of hydrogen-bond donors (Lipinski definition) is 4. The molecule has 0 spiro atoms. The third kappa shape index (κ3) is 2.71. The fourth-order valence-electron chi connectivity index (χ4n) is 2.92. The average molecular weight is 346 g/mol. The maximum absolute atomic E-state index is 6.26. The Hall–Kier alpha value is -2.54. The number of aromatic nitrogens is 1. The summed E-state index contributed by atoms with van der Waals surface area (Å²) in [4.78, 5) is 13.0. The van der Waals surface area contributed by atoms with Crippen molar-refractivity contribution in [3.8, 4) is 0 Å². The molecule has 0 saturated carbocycles. The smallest absolute Gasteiger partial charge is 0.220 e. The summed E-state index contributed by atoms with van der Waals surface area (Å²) in [5.74, 6) is 1.06. The highest BCUT2D eigenvalue weighted by Gasteiger charge is 2.36. The van der Waals surface area contributed by atoms with Gasteiger partial charge in [0.25, 0.3) is 0 Å². The first-order valence-electron chi connectivity index (χ1n) is 7.58. The molecule has 1 aliphatic heterocycles. The van der Waals surface area contributed by atoms with Crippen LogP contribution in [0.15, 0.2) is 34.3 Å². The SMILES string of the molecule is CNc1nc2c(Cl)cccc2cc1C(C)C1(C)N=C(N)N=C(N)N1. The van der Waals surface area contributed by atoms with Gasteiger partial charge in [0.2, 0.25) is 5.96 Å². The lowest BCUT2D eigenvalue weighted by molar-refractivity contribution is 0.364. The number of rotatable bonds is 3. The maximum Gasteiger partial charge on any atom is 0.220 e. The summed E-state index contributed by atoms with van der Waals surface area (Å²) in [5, 5.41) is 7.82. The van der Waals surface area contributed by atoms with Crippen LogP contribution in [0.4, 0.5) is 5.82 Å². The number of nitrogens with two attached hydrogens (primary N) is 2. The maximum atomic E-state index is 6.26. The van der Waals surface area contributed by atoms with E-state index in [1.165, 1.54) is 0 Å². The summed E-state index contributed by atoms with van der Waals surface area (Å²) in [7, 11) is 1.82. The highest BCUT2D eigenvalue weighted by Crippen LogP contribution is 2.36. The molecule has 1 aliphatic rings. The molecule has 126 valence electrons. The zero-order chi connectivity index (χ0) is 17.5. The molecule has 6 N–H and O–H groups in total. The Labute approximate surface area is 145 Å². The molecular formula is C16H20ClN7. The molecular weight excluding hydrogens is 326 g/mol. The Kier molecular flexibility index (Phi) is 3.96. The second-order valence-electron chi connectivity index (χ2n) is 5.95. The molecule has 24 heavy (non-hydrogen) atoms. The van der Waals surface area contributed by atoms with Gasteiger partial charge in [-0.1, -0.05) is 30.7 Å². The number of anilines is 1. The lowest BCUT2D eigenvalue weighted by Crippen LogP contribution is -2.55. The molecule has 0 saturated heterocycles. The molecule has 7 nitrogen and oxygen atoms in total. The molecule has 0 fully saturated rings. The van der Waals surface area contributed by atoms with Crippen LogP contribution in [0.1, 0.15) is 25.3 Å². The van der Waals surface area contributed by atoms with Crippen LogP contribution in [0.3, 0.4) is 0 Å². The first-order chi connectivity index (χ1) is 11.3. The topological polar surface area (TPSA) is 114 Å². The fourth-order valence-corrected chi connectivity index (χ4v) is 3.14. The van der Waals surface area contributed by atoms with Crippen LogP contribution in [0, 0.1) is 0 Å². The first-order valence-corrected chi connectivity index (χ1v) is 7.96. The van der Waals surface area contributed by atoms with Crippen LogP contribution in [-0.4, -0.2) is 29.6 Å². The Morgan fingerprint density at radius 3 is 2.75 bits per heavy atom. The standard InChI is InChI=1S/C16H20ClN7/c1-8(16(2)23-14(18)22-15(19)24-16)10-7-9-5-4-6-11(17)12(9)21-13(10)20-3/h4-8H,1-3H3,(H,20,21)(H5,18,19,22,23,24). The summed E-state index contributed by atoms with van der Waals surface area (Å²) >= 11 is 6.26. The van der Waals surface area contributed by atoms with Crippen LogP contribution in [0.5, 0.6) is 0 Å². The molecule has 2 heterocycles. The number of hydrogen-bond acceptors (Lipinski definition) is 7. The third-order valence-electron chi connectivity index (χ3n) is 4.34. The van der Waals surface area contributed by atoms with E-state index in [9.17, 15) is 0 Å². The number of halogens is 1. The molecule has 2 atom stereocenters. The monoisotopic (exact) mass is 345 g/mol. The van der Waals surface area contributed by atoms with Crippen molar-refractivity contribution in [2.75, 3.05) is 12.4 Å². The second-order valence-corrected chi connectivity index (χ2v) is 6.36. The highest BCUT2D eigenvalue weighted by atomic mass is 35.5. The van der Waals surface area contributed by atoms with Gasteiger partial charge in [0, 0.05) is 23.9 Å². The van der Waals surface area contributed by atoms with Crippen molar-refractivity contribution < 1.29 is 0 Å². The van der Waals surface area contributed by atoms with E-state index >= 15 is 0 Å². The molecule has 0 bridgehead atoms. The van der Waals surface area contributed by atoms with Crippen molar-refractivity contribution in [3.63, 3.8) is 0 Å². The number of aliphatic imine (C=N–C) groups is 2. The van der Waals surface area contributed by atoms with Gasteiger partial charge in [-0.15, -0.1) is 0 Å². The van der Waals surface area contributed by atoms with Crippen molar-refractivity contribution in [2.45, 2.75) is 25.4 Å². The van der Waals surface area contributed by atoms with E-state index in [-0.39, 0.29) is 17.8 Å². The predicted octanol–water partition coefficient (Wildman–Crippen LogP) is 1.98. The largest absolute Gasteiger partial charge is 0.373 e. The molecule has 1 aromatic carbocycles. The Balaban J connectivity index is 2.13. The fraction of sp³-hybridized carbons (Fsp3) is 0.312. The molecule has 0 amide bonds. The summed E-state index contributed by atoms with van der Waals surface area (Å²) < 4.78 is 0. The molecule has 2 aromatic rings. The van der Waals surface area contributed by atoms with Crippen molar-refractivity contribution in [2.24, 2.45) is 21.5 Å². The third-order valence-corrected chi connectivity index (χ3v) is 4.64. The van der Waals surface area contributed by atoms with Gasteiger partial charge in [0.05, 0.1) is 10.5 Å². The van der Waals surface area contributed by atoms with E-state index in [1.54, 1.807) is 0 Å². The normalized spacial score (nSPS) is 21.7. The molecule has 1 aromatic heterocycles. The quantitative estimate of drug-likeness (QED) is 0.679. The number of para-hydroxylation sites is 1. The van der Waals surface area contributed by atoms with Gasteiger partial charge in [0.1, 0.15) is 11.5 Å². The van der Waals surface area contributed by atoms with Gasteiger partial charge < -0.3 is 22.1 Å². The zero-order valence-corrected chi connectivity index (χ0v) is 14.5. The molecule has 0 radical (unpaired) electrons. The van der Waals surface area contributed by atoms with E-state index < -0.39 is 5.66 Å². The van der Waals surface area contributed by atoms with Crippen molar-refractivity contribution >= 4 is 40.2 Å². The average Bonchev–Trinajstić information content (AvgIpc) is 2.52. The van der Waals surface area contributed by atoms with Crippen LogP contribution in [0.25, 0.3) is 10.9 Å². The van der Waals surface area contributed by atoms with Gasteiger partial charge >= 0.3 is 0 Å². The van der Waals surface area contributed by atoms with E-state index in [1.807, 2.05) is 39.1 Å². The van der Waals surface area contributed by atoms with E-state index in [4.69, 9.17) is 23.1 Å². The van der Waals surface area contributed by atoms with Crippen LogP contribution >= 0.6 is 11.6 Å². The Morgan fingerprint density at radius 1 is 1.33 bits per heavy atom. The van der Waals surface area contributed by atoms with Crippen molar-refractivity contribution in [3.05, 3.63) is 34.9 Å². The molecule has 3 rings (SSSR count). The van der Waals surface area contributed by atoms with E-state index in [0.717, 1.165) is 22.3 Å². The minimum Gasteiger partial charge on any atom is -0.373 e. The number of benzene rings is 1.